The van der Waals surface area contributed by atoms with Crippen molar-refractivity contribution in [1.82, 2.24) is 20.0 Å². The molecule has 2 heterocycles. The van der Waals surface area contributed by atoms with Crippen molar-refractivity contribution in [2.75, 3.05) is 62.3 Å². The summed E-state index contributed by atoms with van der Waals surface area (Å²) >= 11 is 1.46. The average Bonchev–Trinajstić information content (AvgIpc) is 3.54. The average molecular weight is 673 g/mol. The molecular formula is C36H45FN8O2S. The zero-order valence-electron chi connectivity index (χ0n) is 28.2. The van der Waals surface area contributed by atoms with E-state index in [9.17, 15) is 14.0 Å². The molecule has 3 aromatic rings. The van der Waals surface area contributed by atoms with E-state index in [1.807, 2.05) is 72.4 Å². The van der Waals surface area contributed by atoms with Crippen molar-refractivity contribution in [3.05, 3.63) is 90.6 Å². The van der Waals surface area contributed by atoms with Crippen molar-refractivity contribution in [1.29, 1.82) is 0 Å². The van der Waals surface area contributed by atoms with Gasteiger partial charge in [0, 0.05) is 72.9 Å². The number of carbonyl (C=O) groups excluding carboxylic acids is 2. The molecule has 1 aliphatic rings. The van der Waals surface area contributed by atoms with Gasteiger partial charge in [-0.15, -0.1) is 0 Å². The van der Waals surface area contributed by atoms with Crippen LogP contribution in [0.5, 0.6) is 0 Å². The molecule has 1 fully saturated rings. The van der Waals surface area contributed by atoms with Gasteiger partial charge in [-0.3, -0.25) is 19.6 Å². The molecule has 2 unspecified atom stereocenters. The lowest BCUT2D eigenvalue weighted by atomic mass is 10.0. The SMILES string of the molecule is C=CN=C(N=C)c1ccc(N2CCN(C(=O)CN(CC)CC(SC)C(=O)Nc3ccc4n[nH]c(C(C)/C=C\C(F)=C/C)c4c3)CC2)cc1. The Balaban J connectivity index is 1.32. The zero-order chi connectivity index (χ0) is 34.6. The van der Waals surface area contributed by atoms with Gasteiger partial charge in [-0.2, -0.15) is 16.9 Å². The fraction of sp³-hybridized carbons (Fsp3) is 0.361. The number of hydrogen-bond acceptors (Lipinski definition) is 7. The van der Waals surface area contributed by atoms with Crippen molar-refractivity contribution in [2.45, 2.75) is 31.9 Å². The lowest BCUT2D eigenvalue weighted by Crippen LogP contribution is -2.52. The number of aromatic nitrogens is 2. The van der Waals surface area contributed by atoms with Crippen LogP contribution in [0.2, 0.25) is 0 Å². The molecule has 2 N–H and O–H groups in total. The number of rotatable bonds is 14. The van der Waals surface area contributed by atoms with E-state index in [1.165, 1.54) is 30.1 Å². The summed E-state index contributed by atoms with van der Waals surface area (Å²) in [6.07, 6.45) is 7.97. The lowest BCUT2D eigenvalue weighted by molar-refractivity contribution is -0.133. The van der Waals surface area contributed by atoms with Crippen LogP contribution in [-0.4, -0.2) is 102 Å². The molecule has 0 radical (unpaired) electrons. The van der Waals surface area contributed by atoms with Crippen molar-refractivity contribution in [2.24, 2.45) is 9.98 Å². The number of amides is 2. The predicted octanol–water partition coefficient (Wildman–Crippen LogP) is 6.03. The van der Waals surface area contributed by atoms with Crippen molar-refractivity contribution in [3.63, 3.8) is 0 Å². The quantitative estimate of drug-likeness (QED) is 0.123. The van der Waals surface area contributed by atoms with Crippen LogP contribution < -0.4 is 10.2 Å². The molecule has 2 aromatic carbocycles. The number of anilines is 2. The first-order valence-electron chi connectivity index (χ1n) is 16.0. The normalized spacial score (nSPS) is 15.6. The van der Waals surface area contributed by atoms with Gasteiger partial charge in [0.15, 0.2) is 5.84 Å². The second-order valence-electron chi connectivity index (χ2n) is 11.4. The highest BCUT2D eigenvalue weighted by Crippen LogP contribution is 2.28. The van der Waals surface area contributed by atoms with Gasteiger partial charge in [-0.1, -0.05) is 32.6 Å². The Hall–Kier alpha value is -4.55. The number of H-pyrrole nitrogens is 1. The molecule has 2 atom stereocenters. The molecule has 2 amide bonds. The summed E-state index contributed by atoms with van der Waals surface area (Å²) in [6.45, 7) is 16.8. The number of halogens is 1. The van der Waals surface area contributed by atoms with Crippen LogP contribution >= 0.6 is 11.8 Å². The number of fused-ring (bicyclic) bond motifs is 1. The molecular weight excluding hydrogens is 628 g/mol. The number of amidine groups is 1. The third-order valence-corrected chi connectivity index (χ3v) is 9.35. The Labute approximate surface area is 286 Å². The highest BCUT2D eigenvalue weighted by molar-refractivity contribution is 8.00. The molecule has 1 saturated heterocycles. The topological polar surface area (TPSA) is 109 Å². The minimum Gasteiger partial charge on any atom is -0.368 e. The molecule has 0 aliphatic carbocycles. The third kappa shape index (κ3) is 9.29. The second-order valence-corrected chi connectivity index (χ2v) is 12.5. The van der Waals surface area contributed by atoms with E-state index in [1.54, 1.807) is 13.0 Å². The van der Waals surface area contributed by atoms with Gasteiger partial charge < -0.3 is 15.1 Å². The minimum absolute atomic E-state index is 0.0601. The van der Waals surface area contributed by atoms with Crippen molar-refractivity contribution < 1.29 is 14.0 Å². The van der Waals surface area contributed by atoms with Gasteiger partial charge in [0.25, 0.3) is 0 Å². The molecule has 1 aliphatic heterocycles. The van der Waals surface area contributed by atoms with E-state index in [0.29, 0.717) is 37.7 Å². The van der Waals surface area contributed by atoms with E-state index in [2.05, 4.69) is 43.7 Å². The maximum atomic E-state index is 13.6. The number of likely N-dealkylation sites (N-methyl/N-ethyl adjacent to an activating group) is 1. The third-order valence-electron chi connectivity index (χ3n) is 8.42. The summed E-state index contributed by atoms with van der Waals surface area (Å²) in [6, 6.07) is 13.5. The summed E-state index contributed by atoms with van der Waals surface area (Å²) in [5.41, 5.74) is 4.20. The molecule has 254 valence electrons. The first-order chi connectivity index (χ1) is 23.2. The zero-order valence-corrected chi connectivity index (χ0v) is 29.0. The fourth-order valence-corrected chi connectivity index (χ4v) is 6.16. The molecule has 0 spiro atoms. The van der Waals surface area contributed by atoms with E-state index >= 15 is 0 Å². The predicted molar refractivity (Wildman–Crippen MR) is 198 cm³/mol. The number of piperazine rings is 1. The number of aliphatic imine (C=N–C) groups is 2. The van der Waals surface area contributed by atoms with Gasteiger partial charge >= 0.3 is 0 Å². The van der Waals surface area contributed by atoms with Crippen molar-refractivity contribution in [3.8, 4) is 0 Å². The van der Waals surface area contributed by atoms with E-state index in [-0.39, 0.29) is 35.4 Å². The minimum atomic E-state index is -0.379. The number of thioether (sulfide) groups is 1. The van der Waals surface area contributed by atoms with Gasteiger partial charge in [-0.05, 0) is 75.0 Å². The molecule has 0 saturated carbocycles. The molecule has 12 heteroatoms. The van der Waals surface area contributed by atoms with Gasteiger partial charge in [-0.25, -0.2) is 14.4 Å². The highest BCUT2D eigenvalue weighted by atomic mass is 32.2. The molecule has 4 rings (SSSR count). The first kappa shape index (κ1) is 36.3. The summed E-state index contributed by atoms with van der Waals surface area (Å²) in [5, 5.41) is 11.0. The number of allylic oxidation sites excluding steroid dienone is 4. The van der Waals surface area contributed by atoms with Crippen LogP contribution in [0.3, 0.4) is 0 Å². The summed E-state index contributed by atoms with van der Waals surface area (Å²) in [5.74, 6) is 0.0398. The standard InChI is InChI=1S/C36H45FN8O2S/c1-7-27(37)13-10-25(4)34-30-22-28(14-17-31(30)41-42-34)40-36(47)32(48-6)23-43(9-3)24-33(46)45-20-18-44(19-21-45)29-15-11-26(12-16-29)35(38-5)39-8-2/h7-8,10-17,22,25,32H,2,5,9,18-21,23-24H2,1,3-4,6H3,(H,40,47)(H,41,42)/b13-10-,27-7+,39-35?. The smallest absolute Gasteiger partial charge is 0.238 e. The Morgan fingerprint density at radius 3 is 2.54 bits per heavy atom. The maximum Gasteiger partial charge on any atom is 0.238 e. The van der Waals surface area contributed by atoms with Crippen LogP contribution in [0, 0.1) is 0 Å². The maximum absolute atomic E-state index is 13.6. The molecule has 48 heavy (non-hydrogen) atoms. The molecule has 0 bridgehead atoms. The van der Waals surface area contributed by atoms with E-state index in [4.69, 9.17) is 0 Å². The van der Waals surface area contributed by atoms with Crippen molar-refractivity contribution >= 4 is 58.4 Å². The van der Waals surface area contributed by atoms with Crippen LogP contribution in [0.15, 0.2) is 89.3 Å². The number of nitrogens with zero attached hydrogens (tertiary/aromatic N) is 6. The Morgan fingerprint density at radius 1 is 1.19 bits per heavy atom. The first-order valence-corrected chi connectivity index (χ1v) is 17.3. The number of nitrogens with one attached hydrogen (secondary N) is 2. The Morgan fingerprint density at radius 2 is 1.92 bits per heavy atom. The number of carbonyl (C=O) groups is 2. The Bertz CT molecular complexity index is 1670. The van der Waals surface area contributed by atoms with Gasteiger partial charge in [0.05, 0.1) is 17.3 Å². The van der Waals surface area contributed by atoms with Gasteiger partial charge in [0.2, 0.25) is 11.8 Å². The van der Waals surface area contributed by atoms with Crippen LogP contribution in [-0.2, 0) is 9.59 Å². The lowest BCUT2D eigenvalue weighted by Gasteiger charge is -2.37. The number of aromatic amines is 1. The van der Waals surface area contributed by atoms with Crippen LogP contribution in [0.4, 0.5) is 15.8 Å². The number of hydrogen-bond donors (Lipinski definition) is 2. The fourth-order valence-electron chi connectivity index (χ4n) is 5.53. The van der Waals surface area contributed by atoms with Gasteiger partial charge in [0.1, 0.15) is 5.83 Å². The molecule has 10 nitrogen and oxygen atoms in total. The highest BCUT2D eigenvalue weighted by Gasteiger charge is 2.26. The number of benzene rings is 2. The van der Waals surface area contributed by atoms with E-state index in [0.717, 1.165) is 40.9 Å². The van der Waals surface area contributed by atoms with E-state index < -0.39 is 0 Å². The molecule has 1 aromatic heterocycles. The largest absolute Gasteiger partial charge is 0.368 e. The van der Waals surface area contributed by atoms with Crippen LogP contribution in [0.1, 0.15) is 37.9 Å². The summed E-state index contributed by atoms with van der Waals surface area (Å²) < 4.78 is 13.6. The Kier molecular flexibility index (Phi) is 13.3. The second kappa shape index (κ2) is 17.6. The summed E-state index contributed by atoms with van der Waals surface area (Å²) in [7, 11) is 0. The summed E-state index contributed by atoms with van der Waals surface area (Å²) in [4.78, 5) is 41.0. The monoisotopic (exact) mass is 672 g/mol. The van der Waals surface area contributed by atoms with Crippen LogP contribution in [0.25, 0.3) is 10.9 Å².